The Kier molecular flexibility index (Phi) is 3.80. The van der Waals surface area contributed by atoms with E-state index in [1.165, 1.54) is 30.2 Å². The summed E-state index contributed by atoms with van der Waals surface area (Å²) in [5, 5.41) is 1.19. The Hall–Kier alpha value is -1.47. The van der Waals surface area contributed by atoms with Crippen molar-refractivity contribution in [3.8, 4) is 0 Å². The second-order valence-corrected chi connectivity index (χ2v) is 8.18. The molecule has 3 aliphatic rings. The van der Waals surface area contributed by atoms with E-state index in [1.54, 1.807) is 6.92 Å². The fourth-order valence-electron chi connectivity index (χ4n) is 4.22. The lowest BCUT2D eigenvalue weighted by molar-refractivity contribution is -0.213. The molecule has 2 aliphatic carbocycles. The lowest BCUT2D eigenvalue weighted by Gasteiger charge is -2.43. The molecule has 0 saturated heterocycles. The first-order chi connectivity index (χ1) is 12.1. The molecule has 0 N–H and O–H groups in total. The van der Waals surface area contributed by atoms with Crippen molar-refractivity contribution in [1.29, 1.82) is 0 Å². The Labute approximate surface area is 154 Å². The predicted molar refractivity (Wildman–Crippen MR) is 91.1 cm³/mol. The molecule has 0 bridgehead atoms. The number of alkyl halides is 3. The van der Waals surface area contributed by atoms with Gasteiger partial charge in [0, 0.05) is 17.6 Å². The van der Waals surface area contributed by atoms with Gasteiger partial charge in [-0.1, -0.05) is 18.5 Å². The summed E-state index contributed by atoms with van der Waals surface area (Å²) < 4.78 is 44.1. The van der Waals surface area contributed by atoms with Crippen molar-refractivity contribution in [2.24, 2.45) is 5.41 Å². The lowest BCUT2D eigenvalue weighted by Crippen LogP contribution is -2.56. The van der Waals surface area contributed by atoms with Crippen LogP contribution < -0.4 is 5.06 Å². The van der Waals surface area contributed by atoms with E-state index in [0.29, 0.717) is 25.7 Å². The van der Waals surface area contributed by atoms with Gasteiger partial charge in [-0.25, -0.2) is 4.79 Å². The van der Waals surface area contributed by atoms with Crippen LogP contribution >= 0.6 is 11.6 Å². The van der Waals surface area contributed by atoms with E-state index < -0.39 is 29.6 Å². The maximum atomic E-state index is 14.7. The van der Waals surface area contributed by atoms with Crippen LogP contribution in [-0.4, -0.2) is 36.8 Å². The van der Waals surface area contributed by atoms with Crippen LogP contribution in [0.5, 0.6) is 0 Å². The fraction of sp³-hybridized carbons (Fsp3) is 0.611. The molecule has 0 aromatic heterocycles. The van der Waals surface area contributed by atoms with Gasteiger partial charge in [0.15, 0.2) is 0 Å². The quantitative estimate of drug-likeness (QED) is 0.737. The number of nitrogens with zero attached hydrogens (tertiary/aromatic N) is 2. The highest BCUT2D eigenvalue weighted by Crippen LogP contribution is 2.67. The number of anilines is 1. The Morgan fingerprint density at radius 2 is 1.92 bits per heavy atom. The highest BCUT2D eigenvalue weighted by Gasteiger charge is 2.72. The van der Waals surface area contributed by atoms with Crippen LogP contribution in [0.15, 0.2) is 18.2 Å². The average molecular weight is 389 g/mol. The Morgan fingerprint density at radius 3 is 2.42 bits per heavy atom. The molecule has 2 saturated carbocycles. The van der Waals surface area contributed by atoms with Crippen LogP contribution in [0.1, 0.15) is 38.2 Å². The van der Waals surface area contributed by atoms with Crippen molar-refractivity contribution in [2.75, 3.05) is 18.7 Å². The van der Waals surface area contributed by atoms with Gasteiger partial charge in [0.05, 0.1) is 12.8 Å². The molecule has 1 aliphatic heterocycles. The zero-order chi connectivity index (χ0) is 18.9. The van der Waals surface area contributed by atoms with Crippen molar-refractivity contribution in [2.45, 2.75) is 50.2 Å². The number of halogens is 4. The van der Waals surface area contributed by atoms with Gasteiger partial charge in [-0.2, -0.15) is 18.2 Å². The minimum absolute atomic E-state index is 0.0239. The summed E-state index contributed by atoms with van der Waals surface area (Å²) in [6, 6.07) is 3.57. The highest BCUT2D eigenvalue weighted by atomic mass is 35.5. The second kappa shape index (κ2) is 5.52. The van der Waals surface area contributed by atoms with Crippen LogP contribution in [0.4, 0.5) is 23.7 Å². The number of fused-ring (bicyclic) bond motifs is 1. The van der Waals surface area contributed by atoms with Crippen LogP contribution in [0, 0.1) is 5.41 Å². The third-order valence-electron chi connectivity index (χ3n) is 6.15. The maximum absolute atomic E-state index is 14.7. The summed E-state index contributed by atoms with van der Waals surface area (Å²) in [4.78, 5) is 19.6. The van der Waals surface area contributed by atoms with Gasteiger partial charge in [0.25, 0.3) is 0 Å². The van der Waals surface area contributed by atoms with Crippen molar-refractivity contribution in [3.05, 3.63) is 28.8 Å². The molecular formula is C18H20ClF3N2O2. The Bertz CT molecular complexity index is 754. The molecule has 8 heteroatoms. The first-order valence-corrected chi connectivity index (χ1v) is 9.04. The van der Waals surface area contributed by atoms with Crippen LogP contribution in [-0.2, 0) is 10.3 Å². The number of hydrogen-bond acceptors (Lipinski definition) is 2. The molecule has 1 aromatic carbocycles. The number of rotatable bonds is 3. The molecular weight excluding hydrogens is 369 g/mol. The molecule has 2 amide bonds. The van der Waals surface area contributed by atoms with Crippen molar-refractivity contribution >= 4 is 23.3 Å². The highest BCUT2D eigenvalue weighted by molar-refractivity contribution is 6.30. The summed E-state index contributed by atoms with van der Waals surface area (Å²) in [7, 11) is 1.29. The van der Waals surface area contributed by atoms with Gasteiger partial charge >= 0.3 is 12.2 Å². The molecule has 2 fully saturated rings. The molecule has 26 heavy (non-hydrogen) atoms. The van der Waals surface area contributed by atoms with E-state index in [1.807, 2.05) is 0 Å². The third-order valence-corrected chi connectivity index (χ3v) is 6.38. The molecule has 0 spiro atoms. The van der Waals surface area contributed by atoms with Crippen molar-refractivity contribution in [3.63, 3.8) is 0 Å². The molecule has 142 valence electrons. The zero-order valence-electron chi connectivity index (χ0n) is 14.6. The van der Waals surface area contributed by atoms with Crippen LogP contribution in [0.3, 0.4) is 0 Å². The van der Waals surface area contributed by atoms with Gasteiger partial charge in [-0.15, -0.1) is 0 Å². The SMILES string of the molecule is CON1C(=O)N(C2CC2)CC(C(F)(F)F)(C2(C)CC2)c2cc(Cl)ccc21. The summed E-state index contributed by atoms with van der Waals surface area (Å²) in [5.41, 5.74) is -3.00. The standard InChI is InChI=1S/C18H20ClF3N2O2/c1-16(7-8-16)17(18(20,21)22)10-23(12-4-5-12)15(25)24(26-2)14-6-3-11(19)9-13(14)17/h3,6,9,12H,4-5,7-8,10H2,1-2H3. The number of amides is 2. The number of carbonyl (C=O) groups is 1. The predicted octanol–water partition coefficient (Wildman–Crippen LogP) is 4.91. The molecule has 4 nitrogen and oxygen atoms in total. The minimum atomic E-state index is -4.53. The van der Waals surface area contributed by atoms with Gasteiger partial charge in [0.2, 0.25) is 0 Å². The summed E-state index contributed by atoms with van der Waals surface area (Å²) >= 11 is 6.09. The molecule has 1 unspecified atom stereocenters. The van der Waals surface area contributed by atoms with E-state index in [9.17, 15) is 18.0 Å². The summed E-state index contributed by atoms with van der Waals surface area (Å²) in [5.74, 6) is 0. The maximum Gasteiger partial charge on any atom is 0.400 e. The fourth-order valence-corrected chi connectivity index (χ4v) is 4.39. The van der Waals surface area contributed by atoms with Gasteiger partial charge in [0.1, 0.15) is 5.41 Å². The molecule has 1 heterocycles. The first-order valence-electron chi connectivity index (χ1n) is 8.66. The largest absolute Gasteiger partial charge is 0.400 e. The van der Waals surface area contributed by atoms with Crippen LogP contribution in [0.2, 0.25) is 5.02 Å². The monoisotopic (exact) mass is 388 g/mol. The smallest absolute Gasteiger partial charge is 0.318 e. The number of urea groups is 1. The van der Waals surface area contributed by atoms with Gasteiger partial charge < -0.3 is 4.90 Å². The molecule has 1 atom stereocenters. The van der Waals surface area contributed by atoms with Gasteiger partial charge in [-0.3, -0.25) is 4.84 Å². The first kappa shape index (κ1) is 17.9. The number of hydrogen-bond donors (Lipinski definition) is 0. The topological polar surface area (TPSA) is 32.8 Å². The van der Waals surface area contributed by atoms with E-state index in [0.717, 1.165) is 5.06 Å². The van der Waals surface area contributed by atoms with Gasteiger partial charge in [-0.05, 0) is 54.9 Å². The number of hydroxylamine groups is 1. The molecule has 0 radical (unpaired) electrons. The summed E-state index contributed by atoms with van der Waals surface area (Å²) in [6.45, 7) is 1.26. The van der Waals surface area contributed by atoms with Crippen molar-refractivity contribution < 1.29 is 22.8 Å². The van der Waals surface area contributed by atoms with E-state index in [4.69, 9.17) is 16.4 Å². The second-order valence-electron chi connectivity index (χ2n) is 7.74. The third kappa shape index (κ3) is 2.36. The summed E-state index contributed by atoms with van der Waals surface area (Å²) in [6.07, 6.45) is -2.19. The normalized spacial score (nSPS) is 28.0. The van der Waals surface area contributed by atoms with E-state index in [-0.39, 0.29) is 22.3 Å². The van der Waals surface area contributed by atoms with Crippen LogP contribution in [0.25, 0.3) is 0 Å². The lowest BCUT2D eigenvalue weighted by atomic mass is 9.67. The molecule has 1 aromatic rings. The van der Waals surface area contributed by atoms with Crippen molar-refractivity contribution in [1.82, 2.24) is 4.90 Å². The average Bonchev–Trinajstić information content (AvgIpc) is 3.45. The molecule has 4 rings (SSSR count). The Balaban J connectivity index is 2.02. The Morgan fingerprint density at radius 1 is 1.27 bits per heavy atom. The number of benzene rings is 1. The van der Waals surface area contributed by atoms with E-state index in [2.05, 4.69) is 0 Å². The number of carbonyl (C=O) groups excluding carboxylic acids is 1. The minimum Gasteiger partial charge on any atom is -0.318 e. The zero-order valence-corrected chi connectivity index (χ0v) is 15.3. The van der Waals surface area contributed by atoms with E-state index >= 15 is 0 Å².